The number of benzene rings is 4. The maximum Gasteiger partial charge on any atom is 0.488 e. The number of aromatic nitrogens is 2. The van der Waals surface area contributed by atoms with E-state index in [2.05, 4.69) is 15.9 Å². The van der Waals surface area contributed by atoms with Crippen molar-refractivity contribution in [3.8, 4) is 22.6 Å². The summed E-state index contributed by atoms with van der Waals surface area (Å²) >= 11 is 15.1. The molecule has 60 heavy (non-hydrogen) atoms. The number of carbonyl (C=O) groups is 2. The van der Waals surface area contributed by atoms with Crippen LogP contribution in [0.15, 0.2) is 148 Å². The normalized spacial score (nSPS) is 9.35. The first-order valence-corrected chi connectivity index (χ1v) is 18.7. The average Bonchev–Trinajstić information content (AvgIpc) is 3.17. The van der Waals surface area contributed by atoms with Crippen LogP contribution >= 0.6 is 39.1 Å². The molecule has 322 valence electrons. The molecule has 0 aliphatic heterocycles. The zero-order valence-corrected chi connectivity index (χ0v) is 36.9. The molecule has 0 fully saturated rings. The number of rotatable bonds is 8. The number of pyridine rings is 2. The van der Waals surface area contributed by atoms with Gasteiger partial charge in [0.25, 0.3) is 23.1 Å². The Hall–Kier alpha value is -4.97. The van der Waals surface area contributed by atoms with Crippen LogP contribution < -0.4 is 26.1 Å². The molecule has 0 bridgehead atoms. The van der Waals surface area contributed by atoms with Crippen molar-refractivity contribution in [3.05, 3.63) is 180 Å². The molecule has 6 aromatic rings. The van der Waals surface area contributed by atoms with E-state index in [1.54, 1.807) is 78.2 Å². The third kappa shape index (κ3) is 20.8. The molecule has 0 radical (unpaired) electrons. The summed E-state index contributed by atoms with van der Waals surface area (Å²) in [5.41, 5.74) is 4.40. The number of nitrogens with zero attached hydrogens (tertiary/aromatic N) is 2. The predicted octanol–water partition coefficient (Wildman–Crippen LogP) is 7.73. The second-order valence-electron chi connectivity index (χ2n) is 11.8. The van der Waals surface area contributed by atoms with Crippen molar-refractivity contribution < 1.29 is 59.7 Å². The van der Waals surface area contributed by atoms with Gasteiger partial charge in [0, 0.05) is 74.4 Å². The number of halogens is 3. The summed E-state index contributed by atoms with van der Waals surface area (Å²) < 4.78 is 14.8. The SMILES string of the molecule is C.CC(=O)O.CC(=O)O.COc1ccc(Cn2ccccc2=O)cc1-c1cccc(Cl)c1.COc1ccc(Cn2ccccc2=O)cc1Br.OB(O)c1cccc(Cl)c1.[Pd]. The van der Waals surface area contributed by atoms with Gasteiger partial charge in [-0.1, -0.05) is 79.2 Å². The van der Waals surface area contributed by atoms with Gasteiger partial charge in [0.05, 0.1) is 31.8 Å². The fourth-order valence-corrected chi connectivity index (χ4v) is 5.76. The molecule has 4 aromatic carbocycles. The van der Waals surface area contributed by atoms with Gasteiger partial charge in [-0.05, 0) is 98.7 Å². The van der Waals surface area contributed by atoms with Gasteiger partial charge in [-0.15, -0.1) is 0 Å². The third-order valence-corrected chi connectivity index (χ3v) is 8.36. The molecule has 0 amide bonds. The van der Waals surface area contributed by atoms with Gasteiger partial charge in [-0.25, -0.2) is 0 Å². The molecule has 2 heterocycles. The molecule has 6 rings (SSSR count). The molecule has 0 atom stereocenters. The van der Waals surface area contributed by atoms with Crippen molar-refractivity contribution in [3.63, 3.8) is 0 Å². The average molecular weight is 1020 g/mol. The van der Waals surface area contributed by atoms with E-state index in [-0.39, 0.29) is 39.0 Å². The first-order valence-electron chi connectivity index (χ1n) is 17.1. The first kappa shape index (κ1) is 55.0. The topological polar surface area (TPSA) is 178 Å². The Morgan fingerprint density at radius 3 is 1.50 bits per heavy atom. The van der Waals surface area contributed by atoms with Crippen molar-refractivity contribution in [1.29, 1.82) is 0 Å². The molecule has 0 unspecified atom stereocenters. The number of aliphatic carboxylic acids is 2. The zero-order valence-electron chi connectivity index (χ0n) is 32.3. The quantitative estimate of drug-likeness (QED) is 0.110. The standard InChI is InChI=1S/C19H16ClNO2.C13H12BrNO2.C6H6BClO2.2C2H4O2.CH4.Pd/c1-23-18-9-8-14(13-21-10-3-2-7-19(21)22)11-17(18)15-5-4-6-16(20)12-15;1-17-12-6-5-10(8-11(12)14)9-15-7-3-2-4-13(15)16;8-6-3-1-2-5(4-6)7(9)10;2*1-2(3)4;;/h2-12H,13H2,1H3;2-8H,9H2,1H3;1-4,9-10H;2*1H3,(H,3,4);1H4;. The van der Waals surface area contributed by atoms with Crippen LogP contribution in [0.25, 0.3) is 11.1 Å². The van der Waals surface area contributed by atoms with E-state index in [0.29, 0.717) is 28.6 Å². The maximum absolute atomic E-state index is 11.9. The molecule has 0 saturated heterocycles. The van der Waals surface area contributed by atoms with E-state index in [4.69, 9.17) is 62.5 Å². The van der Waals surface area contributed by atoms with Crippen LogP contribution in [-0.2, 0) is 43.1 Å². The van der Waals surface area contributed by atoms with E-state index in [1.165, 1.54) is 6.07 Å². The summed E-state index contributed by atoms with van der Waals surface area (Å²) in [4.78, 5) is 41.4. The Bertz CT molecular complexity index is 2340. The summed E-state index contributed by atoms with van der Waals surface area (Å²) in [7, 11) is 1.84. The largest absolute Gasteiger partial charge is 0.496 e. The maximum atomic E-state index is 11.9. The predicted molar refractivity (Wildman–Crippen MR) is 238 cm³/mol. The van der Waals surface area contributed by atoms with Gasteiger partial charge >= 0.3 is 7.12 Å². The summed E-state index contributed by atoms with van der Waals surface area (Å²) in [5.74, 6) is -0.106. The van der Waals surface area contributed by atoms with Gasteiger partial charge in [0.15, 0.2) is 0 Å². The molecule has 12 nitrogen and oxygen atoms in total. The smallest absolute Gasteiger partial charge is 0.488 e. The Morgan fingerprint density at radius 1 is 0.650 bits per heavy atom. The van der Waals surface area contributed by atoms with Crippen LogP contribution in [0.4, 0.5) is 0 Å². The van der Waals surface area contributed by atoms with E-state index in [1.807, 2.05) is 72.8 Å². The molecule has 0 aliphatic carbocycles. The number of ether oxygens (including phenoxy) is 2. The van der Waals surface area contributed by atoms with Crippen LogP contribution in [-0.4, -0.2) is 62.7 Å². The number of hydrogen-bond acceptors (Lipinski definition) is 8. The summed E-state index contributed by atoms with van der Waals surface area (Å²) in [6.07, 6.45) is 3.56. The van der Waals surface area contributed by atoms with Gasteiger partial charge in [-0.3, -0.25) is 19.2 Å². The fourth-order valence-electron chi connectivity index (χ4n) is 4.79. The summed E-state index contributed by atoms with van der Waals surface area (Å²) in [5, 5.41) is 33.3. The van der Waals surface area contributed by atoms with Gasteiger partial charge in [-0.2, -0.15) is 0 Å². The monoisotopic (exact) mass is 1020 g/mol. The van der Waals surface area contributed by atoms with Crippen molar-refractivity contribution in [2.45, 2.75) is 34.4 Å². The second-order valence-corrected chi connectivity index (χ2v) is 13.5. The van der Waals surface area contributed by atoms with E-state index in [0.717, 1.165) is 52.1 Å². The Balaban J connectivity index is 0.000000827. The van der Waals surface area contributed by atoms with Gasteiger partial charge in [0.2, 0.25) is 0 Å². The molecular weight excluding hydrogens is 973 g/mol. The van der Waals surface area contributed by atoms with Crippen molar-refractivity contribution >= 4 is 63.7 Å². The van der Waals surface area contributed by atoms with Gasteiger partial charge in [0.1, 0.15) is 11.5 Å². The van der Waals surface area contributed by atoms with Crippen LogP contribution in [0.2, 0.25) is 10.0 Å². The van der Waals surface area contributed by atoms with Crippen LogP contribution in [0, 0.1) is 0 Å². The van der Waals surface area contributed by atoms with E-state index >= 15 is 0 Å². The minimum absolute atomic E-state index is 0. The fraction of sp³-hybridized carbons (Fsp3) is 0.163. The van der Waals surface area contributed by atoms with Crippen LogP contribution in [0.1, 0.15) is 32.4 Å². The number of methoxy groups -OCH3 is 2. The molecule has 0 aliphatic rings. The van der Waals surface area contributed by atoms with Crippen molar-refractivity contribution in [2.75, 3.05) is 14.2 Å². The zero-order chi connectivity index (χ0) is 43.2. The molecule has 17 heteroatoms. The molecular formula is C43H46BBrCl2N2O10Pd. The third-order valence-electron chi connectivity index (χ3n) is 7.27. The summed E-state index contributed by atoms with van der Waals surface area (Å²) in [6.45, 7) is 3.24. The Morgan fingerprint density at radius 2 is 1.10 bits per heavy atom. The van der Waals surface area contributed by atoms with Crippen LogP contribution in [0.5, 0.6) is 11.5 Å². The van der Waals surface area contributed by atoms with Gasteiger partial charge < -0.3 is 38.9 Å². The number of hydrogen-bond donors (Lipinski definition) is 4. The summed E-state index contributed by atoms with van der Waals surface area (Å²) in [6, 6.07) is 36.1. The Labute approximate surface area is 381 Å². The second kappa shape index (κ2) is 29.3. The van der Waals surface area contributed by atoms with Crippen molar-refractivity contribution in [2.24, 2.45) is 0 Å². The molecule has 0 spiro atoms. The molecule has 2 aromatic heterocycles. The minimum Gasteiger partial charge on any atom is -0.496 e. The van der Waals surface area contributed by atoms with Crippen molar-refractivity contribution in [1.82, 2.24) is 9.13 Å². The minimum atomic E-state index is -1.43. The van der Waals surface area contributed by atoms with E-state index in [9.17, 15) is 9.59 Å². The molecule has 0 saturated carbocycles. The van der Waals surface area contributed by atoms with Crippen LogP contribution in [0.3, 0.4) is 0 Å². The first-order chi connectivity index (χ1) is 27.5. The number of carboxylic acids is 2. The number of carboxylic acid groups (broad SMARTS) is 2. The molecule has 4 N–H and O–H groups in total. The van der Waals surface area contributed by atoms with E-state index < -0.39 is 19.1 Å². The Kier molecular flexibility index (Phi) is 26.9.